The second-order valence-electron chi connectivity index (χ2n) is 4.16. The van der Waals surface area contributed by atoms with Gasteiger partial charge in [0.1, 0.15) is 0 Å². The zero-order valence-corrected chi connectivity index (χ0v) is 11.9. The Labute approximate surface area is 103 Å². The molecular formula is C12H24IN. The van der Waals surface area contributed by atoms with Crippen molar-refractivity contribution in [2.75, 3.05) is 0 Å². The average molecular weight is 309 g/mol. The lowest BCUT2D eigenvalue weighted by Crippen LogP contribution is -1.96. The Morgan fingerprint density at radius 3 is 2.64 bits per heavy atom. The van der Waals surface area contributed by atoms with Gasteiger partial charge in [-0.2, -0.15) is 0 Å². The molecule has 0 aliphatic carbocycles. The van der Waals surface area contributed by atoms with E-state index in [9.17, 15) is 0 Å². The fraction of sp³-hybridized carbons (Fsp3) is 0.833. The minimum absolute atomic E-state index is 0.889. The van der Waals surface area contributed by atoms with Gasteiger partial charge in [0.05, 0.1) is 22.9 Å². The first-order chi connectivity index (χ1) is 6.70. The van der Waals surface area contributed by atoms with Crippen LogP contribution < -0.4 is 3.53 Å². The molecule has 0 fully saturated rings. The van der Waals surface area contributed by atoms with Crippen molar-refractivity contribution in [3.8, 4) is 0 Å². The Bertz CT molecular complexity index is 154. The molecule has 1 unspecified atom stereocenters. The molecule has 0 radical (unpaired) electrons. The quantitative estimate of drug-likeness (QED) is 0.385. The zero-order valence-electron chi connectivity index (χ0n) is 9.78. The molecule has 1 nitrogen and oxygen atoms in total. The first-order valence-electron chi connectivity index (χ1n) is 5.74. The lowest BCUT2D eigenvalue weighted by Gasteiger charge is -2.09. The smallest absolute Gasteiger partial charge is 0.0557 e. The number of hydrogen-bond acceptors (Lipinski definition) is 1. The van der Waals surface area contributed by atoms with E-state index in [2.05, 4.69) is 53.2 Å². The van der Waals surface area contributed by atoms with Crippen molar-refractivity contribution in [1.82, 2.24) is 3.53 Å². The molecule has 0 saturated heterocycles. The van der Waals surface area contributed by atoms with E-state index in [1.165, 1.54) is 44.2 Å². The van der Waals surface area contributed by atoms with E-state index in [-0.39, 0.29) is 0 Å². The number of rotatable bonds is 8. The minimum atomic E-state index is 0.889. The van der Waals surface area contributed by atoms with Gasteiger partial charge in [0, 0.05) is 5.70 Å². The molecule has 14 heavy (non-hydrogen) atoms. The largest absolute Gasteiger partial charge is 0.333 e. The van der Waals surface area contributed by atoms with Crippen molar-refractivity contribution in [1.29, 1.82) is 0 Å². The molecule has 1 N–H and O–H groups in total. The first-order valence-corrected chi connectivity index (χ1v) is 6.82. The molecular weight excluding hydrogens is 285 g/mol. The second kappa shape index (κ2) is 9.81. The van der Waals surface area contributed by atoms with Crippen LogP contribution in [0.3, 0.4) is 0 Å². The van der Waals surface area contributed by atoms with Crippen LogP contribution in [-0.2, 0) is 0 Å². The molecule has 84 valence electrons. The van der Waals surface area contributed by atoms with Crippen molar-refractivity contribution < 1.29 is 0 Å². The minimum Gasteiger partial charge on any atom is -0.333 e. The third kappa shape index (κ3) is 8.85. The second-order valence-corrected chi connectivity index (χ2v) is 4.70. The number of halogens is 1. The van der Waals surface area contributed by atoms with Crippen LogP contribution in [0.5, 0.6) is 0 Å². The van der Waals surface area contributed by atoms with Crippen LogP contribution in [0.1, 0.15) is 59.3 Å². The number of hydrogen-bond donors (Lipinski definition) is 1. The summed E-state index contributed by atoms with van der Waals surface area (Å²) in [6.07, 6.45) is 10.4. The summed E-state index contributed by atoms with van der Waals surface area (Å²) >= 11 is 2.18. The summed E-state index contributed by atoms with van der Waals surface area (Å²) < 4.78 is 3.12. The Morgan fingerprint density at radius 1 is 1.36 bits per heavy atom. The van der Waals surface area contributed by atoms with E-state index in [0.717, 1.165) is 5.92 Å². The number of nitrogens with one attached hydrogen (secondary N) is 1. The Balaban J connectivity index is 3.39. The van der Waals surface area contributed by atoms with Gasteiger partial charge in [-0.25, -0.2) is 0 Å². The molecule has 0 aliphatic rings. The fourth-order valence-electron chi connectivity index (χ4n) is 1.51. The van der Waals surface area contributed by atoms with Crippen LogP contribution in [-0.4, -0.2) is 0 Å². The standard InChI is InChI=1S/C12H24IN/c1-4-5-6-8-11(2)9-7-10-12(3)14-13/h10-11,14H,4-9H2,1-3H3/b12-10-. The molecule has 0 saturated carbocycles. The Kier molecular flexibility index (Phi) is 10.0. The highest BCUT2D eigenvalue weighted by Crippen LogP contribution is 2.15. The van der Waals surface area contributed by atoms with Crippen molar-refractivity contribution in [3.05, 3.63) is 11.8 Å². The maximum atomic E-state index is 3.12. The van der Waals surface area contributed by atoms with Crippen molar-refractivity contribution in [2.24, 2.45) is 5.92 Å². The monoisotopic (exact) mass is 309 g/mol. The predicted molar refractivity (Wildman–Crippen MR) is 73.5 cm³/mol. The van der Waals surface area contributed by atoms with Gasteiger partial charge in [0.15, 0.2) is 0 Å². The maximum absolute atomic E-state index is 3.12. The topological polar surface area (TPSA) is 12.0 Å². The number of allylic oxidation sites excluding steroid dienone is 2. The van der Waals surface area contributed by atoms with Crippen LogP contribution in [0.15, 0.2) is 11.8 Å². The van der Waals surface area contributed by atoms with Gasteiger partial charge in [0.2, 0.25) is 0 Å². The Morgan fingerprint density at radius 2 is 2.07 bits per heavy atom. The van der Waals surface area contributed by atoms with Gasteiger partial charge in [0.25, 0.3) is 0 Å². The summed E-state index contributed by atoms with van der Waals surface area (Å²) in [5, 5.41) is 0. The summed E-state index contributed by atoms with van der Waals surface area (Å²) in [5.41, 5.74) is 1.28. The van der Waals surface area contributed by atoms with Gasteiger partial charge >= 0.3 is 0 Å². The molecule has 0 aromatic rings. The van der Waals surface area contributed by atoms with E-state index in [0.29, 0.717) is 0 Å². The molecule has 0 spiro atoms. The van der Waals surface area contributed by atoms with E-state index in [1.54, 1.807) is 0 Å². The molecule has 0 rings (SSSR count). The van der Waals surface area contributed by atoms with Gasteiger partial charge in [-0.05, 0) is 25.7 Å². The van der Waals surface area contributed by atoms with E-state index < -0.39 is 0 Å². The predicted octanol–water partition coefficient (Wildman–Crippen LogP) is 4.83. The lowest BCUT2D eigenvalue weighted by atomic mass is 9.98. The summed E-state index contributed by atoms with van der Waals surface area (Å²) in [6.45, 7) is 6.76. The van der Waals surface area contributed by atoms with Crippen molar-refractivity contribution >= 4 is 22.9 Å². The normalized spacial score (nSPS) is 14.1. The summed E-state index contributed by atoms with van der Waals surface area (Å²) in [7, 11) is 0. The third-order valence-corrected chi connectivity index (χ3v) is 3.41. The van der Waals surface area contributed by atoms with Crippen molar-refractivity contribution in [2.45, 2.75) is 59.3 Å². The molecule has 0 aromatic carbocycles. The number of unbranched alkanes of at least 4 members (excludes halogenated alkanes) is 2. The van der Waals surface area contributed by atoms with Crippen LogP contribution in [0, 0.1) is 5.92 Å². The lowest BCUT2D eigenvalue weighted by molar-refractivity contribution is 0.467. The average Bonchev–Trinajstić information content (AvgIpc) is 2.18. The SMILES string of the molecule is CCCCCC(C)CC/C=C(/C)NI. The van der Waals surface area contributed by atoms with Gasteiger partial charge in [-0.15, -0.1) is 0 Å². The fourth-order valence-corrected chi connectivity index (χ4v) is 1.73. The highest BCUT2D eigenvalue weighted by Gasteiger charge is 2.00. The van der Waals surface area contributed by atoms with Crippen LogP contribution in [0.2, 0.25) is 0 Å². The molecule has 0 aromatic heterocycles. The van der Waals surface area contributed by atoms with Crippen molar-refractivity contribution in [3.63, 3.8) is 0 Å². The molecule has 0 bridgehead atoms. The van der Waals surface area contributed by atoms with E-state index in [1.807, 2.05) is 0 Å². The molecule has 2 heteroatoms. The first kappa shape index (κ1) is 14.3. The summed E-state index contributed by atoms with van der Waals surface area (Å²) in [4.78, 5) is 0. The van der Waals surface area contributed by atoms with Crippen LogP contribution in [0.4, 0.5) is 0 Å². The molecule has 1 atom stereocenters. The van der Waals surface area contributed by atoms with Crippen LogP contribution in [0.25, 0.3) is 0 Å². The van der Waals surface area contributed by atoms with E-state index >= 15 is 0 Å². The molecule has 0 heterocycles. The highest BCUT2D eigenvalue weighted by molar-refractivity contribution is 14.1. The van der Waals surface area contributed by atoms with Gasteiger partial charge in [-0.3, -0.25) is 0 Å². The molecule has 0 aliphatic heterocycles. The summed E-state index contributed by atoms with van der Waals surface area (Å²) in [5.74, 6) is 0.889. The van der Waals surface area contributed by atoms with Gasteiger partial charge in [-0.1, -0.05) is 45.6 Å². The van der Waals surface area contributed by atoms with E-state index in [4.69, 9.17) is 0 Å². The summed E-state index contributed by atoms with van der Waals surface area (Å²) in [6, 6.07) is 0. The zero-order chi connectivity index (χ0) is 10.8. The highest BCUT2D eigenvalue weighted by atomic mass is 127. The maximum Gasteiger partial charge on any atom is 0.0557 e. The van der Waals surface area contributed by atoms with Crippen LogP contribution >= 0.6 is 22.9 Å². The Hall–Kier alpha value is 0.270. The molecule has 0 amide bonds. The van der Waals surface area contributed by atoms with Gasteiger partial charge < -0.3 is 3.53 Å². The third-order valence-electron chi connectivity index (χ3n) is 2.56.